The second-order valence-corrected chi connectivity index (χ2v) is 7.14. The molecule has 1 atom stereocenters. The number of nitrogens with zero attached hydrogens (tertiary/aromatic N) is 4. The van der Waals surface area contributed by atoms with Crippen LogP contribution in [0.15, 0.2) is 48.9 Å². The van der Waals surface area contributed by atoms with E-state index in [1.807, 2.05) is 0 Å². The lowest BCUT2D eigenvalue weighted by Gasteiger charge is -2.29. The molecule has 6 nitrogen and oxygen atoms in total. The highest BCUT2D eigenvalue weighted by atomic mass is 19.4. The van der Waals surface area contributed by atoms with Gasteiger partial charge in [0.15, 0.2) is 17.5 Å². The van der Waals surface area contributed by atoms with Crippen molar-refractivity contribution in [2.45, 2.75) is 26.1 Å². The van der Waals surface area contributed by atoms with Crippen LogP contribution in [0.1, 0.15) is 29.8 Å². The van der Waals surface area contributed by atoms with Crippen LogP contribution in [0.25, 0.3) is 11.4 Å². The summed E-state index contributed by atoms with van der Waals surface area (Å²) in [5.74, 6) is -2.41. The lowest BCUT2D eigenvalue weighted by Crippen LogP contribution is -2.42. The fourth-order valence-corrected chi connectivity index (χ4v) is 3.21. The Balaban J connectivity index is 1.80. The molecule has 0 spiro atoms. The number of hydrogen-bond acceptors (Lipinski definition) is 5. The van der Waals surface area contributed by atoms with Gasteiger partial charge < -0.3 is 10.2 Å². The van der Waals surface area contributed by atoms with Crippen LogP contribution in [0.5, 0.6) is 0 Å². The van der Waals surface area contributed by atoms with E-state index in [1.54, 1.807) is 19.9 Å². The van der Waals surface area contributed by atoms with E-state index in [0.29, 0.717) is 17.8 Å². The Labute approximate surface area is 186 Å². The summed E-state index contributed by atoms with van der Waals surface area (Å²) in [6.07, 6.45) is -1.20. The predicted molar refractivity (Wildman–Crippen MR) is 111 cm³/mol. The van der Waals surface area contributed by atoms with E-state index in [-0.39, 0.29) is 30.3 Å². The minimum atomic E-state index is -4.71. The van der Waals surface area contributed by atoms with E-state index in [1.165, 1.54) is 29.4 Å². The normalized spacial score (nSPS) is 12.3. The van der Waals surface area contributed by atoms with Gasteiger partial charge in [0.25, 0.3) is 5.91 Å². The molecule has 0 saturated carbocycles. The van der Waals surface area contributed by atoms with Gasteiger partial charge in [0, 0.05) is 43.3 Å². The van der Waals surface area contributed by atoms with Crippen LogP contribution >= 0.6 is 0 Å². The number of pyridine rings is 1. The smallest absolute Gasteiger partial charge is 0.366 e. The summed E-state index contributed by atoms with van der Waals surface area (Å²) in [4.78, 5) is 26.4. The molecule has 11 heteroatoms. The van der Waals surface area contributed by atoms with Crippen molar-refractivity contribution in [3.63, 3.8) is 0 Å². The fourth-order valence-electron chi connectivity index (χ4n) is 3.21. The van der Waals surface area contributed by atoms with Crippen LogP contribution in [-0.2, 0) is 6.18 Å². The number of benzene rings is 1. The van der Waals surface area contributed by atoms with Gasteiger partial charge in [-0.3, -0.25) is 4.79 Å². The standard InChI is InChI=1S/C22H20F5N5O/c1-3-32(13(2)11-30-20-18(24)9-14(12-31-20)22(25,26)27)21(33)17-10-15(23)5-6-16(17)19-28-7-4-8-29-19/h4-10,12-13H,3,11H2,1-2H3,(H,30,31)/t13-/m0/s1. The minimum Gasteiger partial charge on any atom is -0.366 e. The van der Waals surface area contributed by atoms with Crippen LogP contribution in [-0.4, -0.2) is 44.9 Å². The van der Waals surface area contributed by atoms with Crippen molar-refractivity contribution >= 4 is 11.7 Å². The molecular formula is C22H20F5N5O. The molecule has 0 aliphatic heterocycles. The Morgan fingerprint density at radius 2 is 1.82 bits per heavy atom. The van der Waals surface area contributed by atoms with Crippen molar-refractivity contribution < 1.29 is 26.7 Å². The SMILES string of the molecule is CCN(C(=O)c1cc(F)ccc1-c1ncccn1)[C@@H](C)CNc1ncc(C(F)(F)F)cc1F. The number of amides is 1. The van der Waals surface area contributed by atoms with Crippen molar-refractivity contribution in [1.29, 1.82) is 0 Å². The van der Waals surface area contributed by atoms with Crippen LogP contribution in [0.4, 0.5) is 27.8 Å². The van der Waals surface area contributed by atoms with Crippen molar-refractivity contribution in [1.82, 2.24) is 19.9 Å². The first-order chi connectivity index (χ1) is 15.6. The Kier molecular flexibility index (Phi) is 7.19. The third kappa shape index (κ3) is 5.60. The van der Waals surface area contributed by atoms with Crippen molar-refractivity contribution in [3.05, 3.63) is 71.7 Å². The van der Waals surface area contributed by atoms with Crippen LogP contribution in [0.2, 0.25) is 0 Å². The first-order valence-corrected chi connectivity index (χ1v) is 9.96. The molecule has 174 valence electrons. The van der Waals surface area contributed by atoms with Gasteiger partial charge in [-0.15, -0.1) is 0 Å². The summed E-state index contributed by atoms with van der Waals surface area (Å²) in [6, 6.07) is 5.11. The molecule has 0 aliphatic rings. The monoisotopic (exact) mass is 465 g/mol. The summed E-state index contributed by atoms with van der Waals surface area (Å²) in [7, 11) is 0. The van der Waals surface area contributed by atoms with Gasteiger partial charge in [-0.05, 0) is 44.2 Å². The lowest BCUT2D eigenvalue weighted by molar-refractivity contribution is -0.138. The van der Waals surface area contributed by atoms with E-state index in [4.69, 9.17) is 0 Å². The maximum absolute atomic E-state index is 14.1. The molecule has 3 rings (SSSR count). The van der Waals surface area contributed by atoms with Gasteiger partial charge in [0.1, 0.15) is 5.82 Å². The molecule has 0 saturated heterocycles. The van der Waals surface area contributed by atoms with Crippen LogP contribution in [0.3, 0.4) is 0 Å². The first-order valence-electron chi connectivity index (χ1n) is 9.96. The van der Waals surface area contributed by atoms with Gasteiger partial charge in [-0.25, -0.2) is 23.7 Å². The van der Waals surface area contributed by atoms with Gasteiger partial charge in [0.05, 0.1) is 11.1 Å². The highest BCUT2D eigenvalue weighted by Crippen LogP contribution is 2.30. The second-order valence-electron chi connectivity index (χ2n) is 7.14. The number of anilines is 1. The summed E-state index contributed by atoms with van der Waals surface area (Å²) < 4.78 is 66.1. The Bertz CT molecular complexity index is 1120. The van der Waals surface area contributed by atoms with Crippen LogP contribution < -0.4 is 5.32 Å². The van der Waals surface area contributed by atoms with Crippen molar-refractivity contribution in [2.75, 3.05) is 18.4 Å². The van der Waals surface area contributed by atoms with E-state index >= 15 is 0 Å². The van der Waals surface area contributed by atoms with Gasteiger partial charge in [-0.2, -0.15) is 13.2 Å². The number of nitrogens with one attached hydrogen (secondary N) is 1. The molecular weight excluding hydrogens is 445 g/mol. The third-order valence-electron chi connectivity index (χ3n) is 4.89. The van der Waals surface area contributed by atoms with E-state index in [0.717, 1.165) is 6.07 Å². The number of carbonyl (C=O) groups is 1. The molecule has 0 aliphatic carbocycles. The number of carbonyl (C=O) groups excluding carboxylic acids is 1. The first kappa shape index (κ1) is 24.0. The molecule has 2 heterocycles. The topological polar surface area (TPSA) is 71.0 Å². The molecule has 1 N–H and O–H groups in total. The quantitative estimate of drug-likeness (QED) is 0.508. The van der Waals surface area contributed by atoms with Crippen molar-refractivity contribution in [2.24, 2.45) is 0 Å². The van der Waals surface area contributed by atoms with Gasteiger partial charge in [0.2, 0.25) is 0 Å². The highest BCUT2D eigenvalue weighted by Gasteiger charge is 2.32. The number of rotatable bonds is 7. The molecule has 0 radical (unpaired) electrons. The van der Waals surface area contributed by atoms with Gasteiger partial charge in [-0.1, -0.05) is 0 Å². The Morgan fingerprint density at radius 3 is 2.42 bits per heavy atom. The predicted octanol–water partition coefficient (Wildman–Crippen LogP) is 4.80. The molecule has 0 fully saturated rings. The average molecular weight is 465 g/mol. The number of halogens is 5. The maximum atomic E-state index is 14.1. The zero-order chi connectivity index (χ0) is 24.2. The highest BCUT2D eigenvalue weighted by molar-refractivity contribution is 6.00. The molecule has 0 bridgehead atoms. The maximum Gasteiger partial charge on any atom is 0.417 e. The zero-order valence-corrected chi connectivity index (χ0v) is 17.7. The number of likely N-dealkylation sites (N-methyl/N-ethyl adjacent to an activating group) is 1. The number of aromatic nitrogens is 3. The van der Waals surface area contributed by atoms with Gasteiger partial charge >= 0.3 is 6.18 Å². The second kappa shape index (κ2) is 9.88. The molecule has 2 aromatic heterocycles. The molecule has 0 unspecified atom stereocenters. The Morgan fingerprint density at radius 1 is 1.12 bits per heavy atom. The molecule has 3 aromatic rings. The minimum absolute atomic E-state index is 0.0125. The van der Waals surface area contributed by atoms with E-state index in [9.17, 15) is 26.7 Å². The zero-order valence-electron chi connectivity index (χ0n) is 17.7. The molecule has 1 amide bonds. The summed E-state index contributed by atoms with van der Waals surface area (Å²) in [5.41, 5.74) is -0.810. The third-order valence-corrected chi connectivity index (χ3v) is 4.89. The van der Waals surface area contributed by atoms with Crippen LogP contribution in [0, 0.1) is 11.6 Å². The largest absolute Gasteiger partial charge is 0.417 e. The number of hydrogen-bond donors (Lipinski definition) is 1. The van der Waals surface area contributed by atoms with E-state index < -0.39 is 35.3 Å². The van der Waals surface area contributed by atoms with E-state index in [2.05, 4.69) is 20.3 Å². The van der Waals surface area contributed by atoms with Crippen molar-refractivity contribution in [3.8, 4) is 11.4 Å². The lowest BCUT2D eigenvalue weighted by atomic mass is 10.0. The Hall–Kier alpha value is -3.63. The average Bonchev–Trinajstić information content (AvgIpc) is 2.78. The summed E-state index contributed by atoms with van der Waals surface area (Å²) in [6.45, 7) is 3.59. The fraction of sp³-hybridized carbons (Fsp3) is 0.273. The number of alkyl halides is 3. The molecule has 1 aromatic carbocycles. The molecule has 33 heavy (non-hydrogen) atoms. The summed E-state index contributed by atoms with van der Waals surface area (Å²) in [5, 5.41) is 2.62. The summed E-state index contributed by atoms with van der Waals surface area (Å²) >= 11 is 0.